The Bertz CT molecular complexity index is 686. The Balaban J connectivity index is 1.72. The smallest absolute Gasteiger partial charge is 0.273 e. The topological polar surface area (TPSA) is 64.4 Å². The van der Waals surface area contributed by atoms with E-state index in [1.54, 1.807) is 19.2 Å². The molecule has 2 unspecified atom stereocenters. The van der Waals surface area contributed by atoms with Crippen molar-refractivity contribution in [3.05, 3.63) is 41.4 Å². The maximum Gasteiger partial charge on any atom is 0.273 e. The predicted molar refractivity (Wildman–Crippen MR) is 87.4 cm³/mol. The first-order valence-corrected chi connectivity index (χ1v) is 8.08. The van der Waals surface area contributed by atoms with Gasteiger partial charge >= 0.3 is 0 Å². The van der Waals surface area contributed by atoms with E-state index < -0.39 is 0 Å². The number of halogens is 1. The first kappa shape index (κ1) is 16.0. The summed E-state index contributed by atoms with van der Waals surface area (Å²) < 4.78 is 10.8. The molecule has 2 atom stereocenters. The number of hydrogen-bond acceptors (Lipinski definition) is 4. The highest BCUT2D eigenvalue weighted by atomic mass is 35.5. The minimum atomic E-state index is -0.254. The van der Waals surface area contributed by atoms with Crippen LogP contribution in [-0.4, -0.2) is 30.6 Å². The maximum atomic E-state index is 12.4. The first-order chi connectivity index (χ1) is 11.2. The van der Waals surface area contributed by atoms with E-state index in [4.69, 9.17) is 20.8 Å². The molecule has 0 bridgehead atoms. The van der Waals surface area contributed by atoms with Gasteiger partial charge in [0.25, 0.3) is 5.91 Å². The van der Waals surface area contributed by atoms with Gasteiger partial charge in [-0.1, -0.05) is 30.2 Å². The number of nitrogens with one attached hydrogen (secondary N) is 1. The number of rotatable bonds is 5. The summed E-state index contributed by atoms with van der Waals surface area (Å²) in [6.45, 7) is 0.576. The fourth-order valence-corrected chi connectivity index (χ4v) is 3.32. The molecule has 2 aromatic rings. The summed E-state index contributed by atoms with van der Waals surface area (Å²) >= 11 is 6.17. The van der Waals surface area contributed by atoms with Crippen LogP contribution >= 0.6 is 11.6 Å². The van der Waals surface area contributed by atoms with Crippen LogP contribution in [0.15, 0.2) is 35.1 Å². The van der Waals surface area contributed by atoms with Gasteiger partial charge < -0.3 is 14.5 Å². The summed E-state index contributed by atoms with van der Waals surface area (Å²) in [6.07, 6.45) is 4.73. The Hall–Kier alpha value is -1.85. The third-order valence-electron chi connectivity index (χ3n) is 4.32. The van der Waals surface area contributed by atoms with Crippen LogP contribution < -0.4 is 5.32 Å². The van der Waals surface area contributed by atoms with Crippen molar-refractivity contribution < 1.29 is 13.9 Å². The van der Waals surface area contributed by atoms with E-state index in [2.05, 4.69) is 10.3 Å². The average molecular weight is 335 g/mol. The highest BCUT2D eigenvalue weighted by Crippen LogP contribution is 2.30. The van der Waals surface area contributed by atoms with Gasteiger partial charge in [-0.15, -0.1) is 0 Å². The number of methoxy groups -OCH3 is 1. The molecule has 1 saturated carbocycles. The van der Waals surface area contributed by atoms with Gasteiger partial charge in [0.15, 0.2) is 17.8 Å². The van der Waals surface area contributed by atoms with Crippen LogP contribution in [0.5, 0.6) is 0 Å². The minimum absolute atomic E-state index is 0.218. The van der Waals surface area contributed by atoms with Crippen LogP contribution in [0.25, 0.3) is 11.3 Å². The van der Waals surface area contributed by atoms with Gasteiger partial charge in [0.1, 0.15) is 0 Å². The summed E-state index contributed by atoms with van der Waals surface area (Å²) in [7, 11) is 1.72. The number of carbonyl (C=O) groups excluding carboxylic acids is 1. The fourth-order valence-electron chi connectivity index (χ4n) is 3.10. The fraction of sp³-hybridized carbons (Fsp3) is 0.412. The van der Waals surface area contributed by atoms with Crippen molar-refractivity contribution in [2.75, 3.05) is 13.7 Å². The number of amides is 1. The standard InChI is InChI=1S/C17H19ClN2O3/c1-22-14-8-4-5-11(14)9-19-17(21)15-16(23-10-20-15)12-6-2-3-7-13(12)18/h2-3,6-7,10-11,14H,4-5,8-9H2,1H3,(H,19,21). The number of ether oxygens (including phenoxy) is 1. The number of hydrogen-bond donors (Lipinski definition) is 1. The van der Waals surface area contributed by atoms with Crippen molar-refractivity contribution in [2.45, 2.75) is 25.4 Å². The summed E-state index contributed by atoms with van der Waals surface area (Å²) in [5, 5.41) is 3.46. The zero-order chi connectivity index (χ0) is 16.2. The third kappa shape index (κ3) is 3.41. The van der Waals surface area contributed by atoms with E-state index in [-0.39, 0.29) is 17.7 Å². The number of carbonyl (C=O) groups is 1. The molecule has 1 N–H and O–H groups in total. The van der Waals surface area contributed by atoms with Gasteiger partial charge in [0, 0.05) is 25.1 Å². The molecule has 0 radical (unpaired) electrons. The molecule has 5 nitrogen and oxygen atoms in total. The molecule has 1 aliphatic carbocycles. The Labute approximate surface area is 140 Å². The Morgan fingerprint density at radius 1 is 1.43 bits per heavy atom. The van der Waals surface area contributed by atoms with Crippen molar-refractivity contribution in [3.63, 3.8) is 0 Å². The molecule has 1 amide bonds. The summed E-state index contributed by atoms with van der Waals surface area (Å²) in [5.74, 6) is 0.484. The van der Waals surface area contributed by atoms with Gasteiger partial charge in [-0.05, 0) is 25.0 Å². The molecule has 1 aromatic carbocycles. The first-order valence-electron chi connectivity index (χ1n) is 7.70. The van der Waals surface area contributed by atoms with Gasteiger partial charge in [0.2, 0.25) is 0 Å². The van der Waals surface area contributed by atoms with Crippen LogP contribution in [0, 0.1) is 5.92 Å². The van der Waals surface area contributed by atoms with Crippen LogP contribution in [0.4, 0.5) is 0 Å². The molecule has 6 heteroatoms. The van der Waals surface area contributed by atoms with E-state index in [0.717, 1.165) is 19.3 Å². The van der Waals surface area contributed by atoms with E-state index in [0.29, 0.717) is 28.8 Å². The zero-order valence-electron chi connectivity index (χ0n) is 12.9. The molecule has 122 valence electrons. The number of nitrogens with zero attached hydrogens (tertiary/aromatic N) is 1. The summed E-state index contributed by atoms with van der Waals surface area (Å²) in [6, 6.07) is 7.22. The predicted octanol–water partition coefficient (Wildman–Crippen LogP) is 3.54. The third-order valence-corrected chi connectivity index (χ3v) is 4.65. The van der Waals surface area contributed by atoms with Crippen molar-refractivity contribution in [1.29, 1.82) is 0 Å². The highest BCUT2D eigenvalue weighted by Gasteiger charge is 2.28. The molecule has 1 heterocycles. The van der Waals surface area contributed by atoms with Gasteiger partial charge in [-0.25, -0.2) is 4.98 Å². The molecule has 1 fully saturated rings. The SMILES string of the molecule is COC1CCCC1CNC(=O)c1ncoc1-c1ccccc1Cl. The van der Waals surface area contributed by atoms with Gasteiger partial charge in [-0.2, -0.15) is 0 Å². The molecular formula is C17H19ClN2O3. The molecule has 0 saturated heterocycles. The zero-order valence-corrected chi connectivity index (χ0v) is 13.7. The molecule has 0 spiro atoms. The van der Waals surface area contributed by atoms with E-state index >= 15 is 0 Å². The second-order valence-electron chi connectivity index (χ2n) is 5.69. The Kier molecular flexibility index (Phi) is 4.98. The van der Waals surface area contributed by atoms with E-state index in [1.807, 2.05) is 12.1 Å². The van der Waals surface area contributed by atoms with Gasteiger partial charge in [0.05, 0.1) is 11.1 Å². The van der Waals surface area contributed by atoms with Gasteiger partial charge in [-0.3, -0.25) is 4.79 Å². The molecule has 1 aliphatic rings. The molecule has 0 aliphatic heterocycles. The van der Waals surface area contributed by atoms with Crippen molar-refractivity contribution in [1.82, 2.24) is 10.3 Å². The van der Waals surface area contributed by atoms with Crippen LogP contribution in [0.3, 0.4) is 0 Å². The Morgan fingerprint density at radius 2 is 2.26 bits per heavy atom. The normalized spacial score (nSPS) is 20.6. The van der Waals surface area contributed by atoms with E-state index in [1.165, 1.54) is 6.39 Å². The monoisotopic (exact) mass is 334 g/mol. The number of benzene rings is 1. The second kappa shape index (κ2) is 7.15. The van der Waals surface area contributed by atoms with Crippen LogP contribution in [-0.2, 0) is 4.74 Å². The lowest BCUT2D eigenvalue weighted by Crippen LogP contribution is -2.33. The second-order valence-corrected chi connectivity index (χ2v) is 6.09. The molecular weight excluding hydrogens is 316 g/mol. The lowest BCUT2D eigenvalue weighted by Gasteiger charge is -2.18. The average Bonchev–Trinajstić information content (AvgIpc) is 3.21. The van der Waals surface area contributed by atoms with Crippen LogP contribution in [0.2, 0.25) is 5.02 Å². The lowest BCUT2D eigenvalue weighted by atomic mass is 10.1. The van der Waals surface area contributed by atoms with E-state index in [9.17, 15) is 4.79 Å². The maximum absolute atomic E-state index is 12.4. The molecule has 1 aromatic heterocycles. The quantitative estimate of drug-likeness (QED) is 0.908. The van der Waals surface area contributed by atoms with Crippen LogP contribution in [0.1, 0.15) is 29.8 Å². The van der Waals surface area contributed by atoms with Crippen molar-refractivity contribution in [3.8, 4) is 11.3 Å². The lowest BCUT2D eigenvalue weighted by molar-refractivity contribution is 0.0683. The van der Waals surface area contributed by atoms with Crippen molar-refractivity contribution in [2.24, 2.45) is 5.92 Å². The number of oxazole rings is 1. The minimum Gasteiger partial charge on any atom is -0.443 e. The highest BCUT2D eigenvalue weighted by molar-refractivity contribution is 6.33. The number of aromatic nitrogens is 1. The molecule has 3 rings (SSSR count). The largest absolute Gasteiger partial charge is 0.443 e. The Morgan fingerprint density at radius 3 is 3.04 bits per heavy atom. The van der Waals surface area contributed by atoms with Crippen molar-refractivity contribution >= 4 is 17.5 Å². The summed E-state index contributed by atoms with van der Waals surface area (Å²) in [5.41, 5.74) is 0.914. The molecule has 23 heavy (non-hydrogen) atoms. The summed E-state index contributed by atoms with van der Waals surface area (Å²) in [4.78, 5) is 16.5.